The number of hydrogen-bond donors (Lipinski definition) is 1. The number of nitrogens with one attached hydrogen (secondary N) is 1. The first-order chi connectivity index (χ1) is 25.1. The first kappa shape index (κ1) is 38.1. The van der Waals surface area contributed by atoms with Crippen LogP contribution in [0.2, 0.25) is 0 Å². The molecular formula is C44H54N4O4. The molecule has 4 aromatic carbocycles. The van der Waals surface area contributed by atoms with Gasteiger partial charge in [-0.2, -0.15) is 0 Å². The number of anilines is 1. The molecular weight excluding hydrogens is 649 g/mol. The second-order valence-electron chi connectivity index (χ2n) is 14.3. The lowest BCUT2D eigenvalue weighted by molar-refractivity contribution is 0.0207. The Kier molecular flexibility index (Phi) is 13.5. The second-order valence-corrected chi connectivity index (χ2v) is 14.3. The third-order valence-corrected chi connectivity index (χ3v) is 8.97. The normalized spacial score (nSPS) is 11.4. The Hall–Kier alpha value is -5.11. The number of urea groups is 1. The van der Waals surface area contributed by atoms with Gasteiger partial charge in [-0.25, -0.2) is 14.6 Å². The van der Waals surface area contributed by atoms with Crippen molar-refractivity contribution in [2.75, 3.05) is 18.0 Å². The van der Waals surface area contributed by atoms with Crippen LogP contribution >= 0.6 is 0 Å². The maximum absolute atomic E-state index is 13.7. The van der Waals surface area contributed by atoms with Crippen LogP contribution in [0.5, 0.6) is 5.75 Å². The Morgan fingerprint density at radius 3 is 2.25 bits per heavy atom. The molecule has 5 aromatic rings. The number of benzene rings is 4. The van der Waals surface area contributed by atoms with E-state index >= 15 is 0 Å². The van der Waals surface area contributed by atoms with Crippen molar-refractivity contribution in [1.82, 2.24) is 14.9 Å². The van der Waals surface area contributed by atoms with Crippen LogP contribution in [0.25, 0.3) is 22.2 Å². The molecule has 8 nitrogen and oxygen atoms in total. The molecule has 0 spiro atoms. The Morgan fingerprint density at radius 1 is 0.788 bits per heavy atom. The number of hydrogen-bond acceptors (Lipinski definition) is 5. The lowest BCUT2D eigenvalue weighted by atomic mass is 10.0. The summed E-state index contributed by atoms with van der Waals surface area (Å²) in [7, 11) is 0. The average molecular weight is 703 g/mol. The van der Waals surface area contributed by atoms with Gasteiger partial charge in [-0.05, 0) is 81.0 Å². The zero-order chi connectivity index (χ0) is 36.9. The van der Waals surface area contributed by atoms with E-state index in [0.717, 1.165) is 84.2 Å². The number of para-hydroxylation sites is 1. The molecule has 5 rings (SSSR count). The molecule has 0 fully saturated rings. The number of fused-ring (bicyclic) bond motifs is 1. The van der Waals surface area contributed by atoms with Gasteiger partial charge in [0.15, 0.2) is 0 Å². The van der Waals surface area contributed by atoms with Gasteiger partial charge in [-0.1, -0.05) is 112 Å². The minimum absolute atomic E-state index is 0.0735. The molecule has 0 aliphatic rings. The maximum atomic E-state index is 13.7. The summed E-state index contributed by atoms with van der Waals surface area (Å²) in [6.45, 7) is 11.7. The largest absolute Gasteiger partial charge is 0.514 e. The van der Waals surface area contributed by atoms with E-state index < -0.39 is 11.8 Å². The van der Waals surface area contributed by atoms with E-state index in [4.69, 9.17) is 14.5 Å². The predicted molar refractivity (Wildman–Crippen MR) is 211 cm³/mol. The summed E-state index contributed by atoms with van der Waals surface area (Å²) < 4.78 is 13.3. The van der Waals surface area contributed by atoms with Gasteiger partial charge < -0.3 is 19.4 Å². The summed E-state index contributed by atoms with van der Waals surface area (Å²) >= 11 is 0. The number of nitrogens with zero attached hydrogens (tertiary/aromatic N) is 3. The number of aryl methyl sites for hydroxylation is 1. The Morgan fingerprint density at radius 2 is 1.52 bits per heavy atom. The van der Waals surface area contributed by atoms with Crippen molar-refractivity contribution >= 4 is 28.9 Å². The molecule has 0 saturated heterocycles. The third-order valence-electron chi connectivity index (χ3n) is 8.97. The summed E-state index contributed by atoms with van der Waals surface area (Å²) in [5.41, 5.74) is 6.17. The standard InChI is InChI=1S/C44H54N4O4/c1-6-8-10-16-29-45-42(49)47(30-28-33-17-12-11-13-18-33)36-26-27-38-39(31-36)48(41(46-38)21-9-7-2)32-34-22-24-35(25-23-34)37-19-14-15-20-40(37)51-43(50)52-44(3,4)5/h11-15,17-20,22-27,31H,6-10,16,21,28-30,32H2,1-5H3,(H,45,49). The van der Waals surface area contributed by atoms with Gasteiger partial charge in [0.25, 0.3) is 0 Å². The highest BCUT2D eigenvalue weighted by Crippen LogP contribution is 2.32. The minimum Gasteiger partial charge on any atom is -0.428 e. The molecule has 0 unspecified atom stereocenters. The molecule has 1 N–H and O–H groups in total. The highest BCUT2D eigenvalue weighted by Gasteiger charge is 2.21. The minimum atomic E-state index is -0.731. The molecule has 1 aromatic heterocycles. The van der Waals surface area contributed by atoms with Crippen LogP contribution in [0.1, 0.15) is 90.1 Å². The molecule has 2 amide bonds. The first-order valence-electron chi connectivity index (χ1n) is 18.8. The lowest BCUT2D eigenvalue weighted by Crippen LogP contribution is -2.41. The molecule has 0 aliphatic heterocycles. The topological polar surface area (TPSA) is 85.7 Å². The molecule has 0 radical (unpaired) electrons. The van der Waals surface area contributed by atoms with Crippen molar-refractivity contribution in [3.8, 4) is 16.9 Å². The molecule has 274 valence electrons. The van der Waals surface area contributed by atoms with E-state index in [9.17, 15) is 9.59 Å². The van der Waals surface area contributed by atoms with E-state index in [-0.39, 0.29) is 6.03 Å². The van der Waals surface area contributed by atoms with Crippen LogP contribution in [0.15, 0.2) is 97.1 Å². The molecule has 0 aliphatic carbocycles. The zero-order valence-corrected chi connectivity index (χ0v) is 31.5. The van der Waals surface area contributed by atoms with E-state index in [2.05, 4.69) is 66.2 Å². The summed E-state index contributed by atoms with van der Waals surface area (Å²) in [5.74, 6) is 1.48. The van der Waals surface area contributed by atoms with E-state index in [0.29, 0.717) is 25.4 Å². The fraction of sp³-hybridized carbons (Fsp3) is 0.386. The van der Waals surface area contributed by atoms with Crippen molar-refractivity contribution in [2.24, 2.45) is 0 Å². The Balaban J connectivity index is 1.42. The number of aromatic nitrogens is 2. The van der Waals surface area contributed by atoms with E-state index in [1.54, 1.807) is 6.07 Å². The molecule has 0 saturated carbocycles. The van der Waals surface area contributed by atoms with Crippen LogP contribution in [-0.4, -0.2) is 40.4 Å². The summed E-state index contributed by atoms with van der Waals surface area (Å²) in [6.07, 6.45) is 7.41. The SMILES string of the molecule is CCCCCCNC(=O)N(CCc1ccccc1)c1ccc2nc(CCCC)n(Cc3ccc(-c4ccccc4OC(=O)OC(C)(C)C)cc3)c2c1. The van der Waals surface area contributed by atoms with Gasteiger partial charge >= 0.3 is 12.2 Å². The first-order valence-corrected chi connectivity index (χ1v) is 18.8. The average Bonchev–Trinajstić information content (AvgIpc) is 3.47. The number of carbonyl (C=O) groups excluding carboxylic acids is 2. The van der Waals surface area contributed by atoms with Gasteiger partial charge in [0.2, 0.25) is 0 Å². The van der Waals surface area contributed by atoms with Gasteiger partial charge in [0.05, 0.1) is 11.0 Å². The van der Waals surface area contributed by atoms with Crippen LogP contribution in [0, 0.1) is 0 Å². The maximum Gasteiger partial charge on any atom is 0.514 e. The summed E-state index contributed by atoms with van der Waals surface area (Å²) in [5, 5.41) is 3.18. The molecule has 1 heterocycles. The van der Waals surface area contributed by atoms with Gasteiger partial charge in [-0.3, -0.25) is 4.90 Å². The smallest absolute Gasteiger partial charge is 0.428 e. The summed E-state index contributed by atoms with van der Waals surface area (Å²) in [4.78, 5) is 33.1. The monoisotopic (exact) mass is 702 g/mol. The summed E-state index contributed by atoms with van der Waals surface area (Å²) in [6, 6.07) is 32.2. The van der Waals surface area contributed by atoms with Crippen molar-refractivity contribution < 1.29 is 19.1 Å². The second kappa shape index (κ2) is 18.4. The number of imidazole rings is 1. The molecule has 0 atom stereocenters. The van der Waals surface area contributed by atoms with Crippen LogP contribution < -0.4 is 15.0 Å². The lowest BCUT2D eigenvalue weighted by Gasteiger charge is -2.24. The zero-order valence-electron chi connectivity index (χ0n) is 31.5. The number of ether oxygens (including phenoxy) is 2. The van der Waals surface area contributed by atoms with Crippen LogP contribution in [-0.2, 0) is 24.1 Å². The van der Waals surface area contributed by atoms with Crippen molar-refractivity contribution in [2.45, 2.75) is 98.1 Å². The predicted octanol–water partition coefficient (Wildman–Crippen LogP) is 10.7. The van der Waals surface area contributed by atoms with Crippen LogP contribution in [0.3, 0.4) is 0 Å². The van der Waals surface area contributed by atoms with Crippen molar-refractivity contribution in [1.29, 1.82) is 0 Å². The van der Waals surface area contributed by atoms with E-state index in [1.165, 1.54) is 12.0 Å². The fourth-order valence-corrected chi connectivity index (χ4v) is 6.23. The van der Waals surface area contributed by atoms with Crippen molar-refractivity contribution in [3.63, 3.8) is 0 Å². The Bertz CT molecular complexity index is 1890. The Labute approximate surface area is 309 Å². The van der Waals surface area contributed by atoms with Gasteiger partial charge in [0, 0.05) is 37.3 Å². The number of unbranched alkanes of at least 4 members (excludes halogenated alkanes) is 4. The van der Waals surface area contributed by atoms with Gasteiger partial charge in [-0.15, -0.1) is 0 Å². The van der Waals surface area contributed by atoms with Gasteiger partial charge in [0.1, 0.15) is 17.2 Å². The van der Waals surface area contributed by atoms with Crippen LogP contribution in [0.4, 0.5) is 15.3 Å². The quantitative estimate of drug-likeness (QED) is 0.0628. The third kappa shape index (κ3) is 10.7. The molecule has 0 bridgehead atoms. The highest BCUT2D eigenvalue weighted by molar-refractivity contribution is 5.94. The van der Waals surface area contributed by atoms with Crippen molar-refractivity contribution in [3.05, 3.63) is 114 Å². The van der Waals surface area contributed by atoms with E-state index in [1.807, 2.05) is 74.2 Å². The fourth-order valence-electron chi connectivity index (χ4n) is 6.23. The molecule has 8 heteroatoms. The number of rotatable bonds is 16. The number of carbonyl (C=O) groups is 2. The molecule has 52 heavy (non-hydrogen) atoms. The highest BCUT2D eigenvalue weighted by atomic mass is 16.7. The number of amides is 2.